The molecule has 14 heavy (non-hydrogen) atoms. The zero-order valence-electron chi connectivity index (χ0n) is 7.85. The smallest absolute Gasteiger partial charge is 0.320 e. The molecule has 0 radical (unpaired) electrons. The fourth-order valence-corrected chi connectivity index (χ4v) is 0.970. The van der Waals surface area contributed by atoms with Crippen molar-refractivity contribution in [3.05, 3.63) is 0 Å². The topological polar surface area (TPSA) is 127 Å². The Labute approximate surface area is 81.9 Å². The summed E-state index contributed by atoms with van der Waals surface area (Å²) in [6.07, 6.45) is 1.06. The molecule has 0 aromatic rings. The number of carboxylic acids is 2. The van der Waals surface area contributed by atoms with E-state index in [4.69, 9.17) is 21.7 Å². The van der Waals surface area contributed by atoms with Crippen molar-refractivity contribution in [3.8, 4) is 0 Å². The highest BCUT2D eigenvalue weighted by atomic mass is 16.4. The molecule has 0 fully saturated rings. The van der Waals surface area contributed by atoms with Crippen LogP contribution in [0, 0.1) is 0 Å². The van der Waals surface area contributed by atoms with Gasteiger partial charge in [0.15, 0.2) is 0 Å². The van der Waals surface area contributed by atoms with Crippen molar-refractivity contribution in [1.82, 2.24) is 0 Å². The van der Waals surface area contributed by atoms with Gasteiger partial charge in [0.05, 0.1) is 0 Å². The van der Waals surface area contributed by atoms with Crippen LogP contribution < -0.4 is 11.5 Å². The standard InChI is InChI=1S/C8H16N2O4/c9-5(2-4-7(11)12)1-3-6(10)8(13)14/h5-6H,1-4,9-10H2,(H,11,12)(H,13,14). The Morgan fingerprint density at radius 3 is 2.07 bits per heavy atom. The molecule has 0 aliphatic heterocycles. The highest BCUT2D eigenvalue weighted by Gasteiger charge is 2.13. The van der Waals surface area contributed by atoms with Gasteiger partial charge in [0.25, 0.3) is 0 Å². The third-order valence-corrected chi connectivity index (χ3v) is 1.89. The van der Waals surface area contributed by atoms with Gasteiger partial charge < -0.3 is 21.7 Å². The quantitative estimate of drug-likeness (QED) is 0.437. The van der Waals surface area contributed by atoms with Crippen molar-refractivity contribution in [2.75, 3.05) is 0 Å². The van der Waals surface area contributed by atoms with E-state index in [9.17, 15) is 9.59 Å². The van der Waals surface area contributed by atoms with Crippen LogP contribution in [0.1, 0.15) is 25.7 Å². The molecule has 0 heterocycles. The Morgan fingerprint density at radius 2 is 1.64 bits per heavy atom. The second kappa shape index (κ2) is 6.33. The van der Waals surface area contributed by atoms with Crippen molar-refractivity contribution < 1.29 is 19.8 Å². The van der Waals surface area contributed by atoms with E-state index in [2.05, 4.69) is 0 Å². The molecule has 0 aromatic heterocycles. The molecule has 82 valence electrons. The first-order valence-electron chi connectivity index (χ1n) is 4.39. The molecule has 0 aromatic carbocycles. The summed E-state index contributed by atoms with van der Waals surface area (Å²) >= 11 is 0. The first kappa shape index (κ1) is 12.9. The van der Waals surface area contributed by atoms with Crippen molar-refractivity contribution in [2.24, 2.45) is 11.5 Å². The molecular weight excluding hydrogens is 188 g/mol. The Morgan fingerprint density at radius 1 is 1.07 bits per heavy atom. The van der Waals surface area contributed by atoms with Crippen LogP contribution >= 0.6 is 0 Å². The molecule has 0 bridgehead atoms. The van der Waals surface area contributed by atoms with Crippen LogP contribution in [0.25, 0.3) is 0 Å². The van der Waals surface area contributed by atoms with Gasteiger partial charge in [0, 0.05) is 12.5 Å². The molecule has 0 amide bonds. The van der Waals surface area contributed by atoms with Crippen LogP contribution in [0.15, 0.2) is 0 Å². The highest BCUT2D eigenvalue weighted by Crippen LogP contribution is 2.04. The summed E-state index contributed by atoms with van der Waals surface area (Å²) in [4.78, 5) is 20.5. The molecular formula is C8H16N2O4. The van der Waals surface area contributed by atoms with Gasteiger partial charge in [-0.1, -0.05) is 0 Å². The van der Waals surface area contributed by atoms with Gasteiger partial charge in [-0.25, -0.2) is 0 Å². The van der Waals surface area contributed by atoms with E-state index in [-0.39, 0.29) is 18.9 Å². The average Bonchev–Trinajstić information content (AvgIpc) is 2.10. The number of nitrogens with two attached hydrogens (primary N) is 2. The summed E-state index contributed by atoms with van der Waals surface area (Å²) in [6.45, 7) is 0. The van der Waals surface area contributed by atoms with Crippen molar-refractivity contribution in [2.45, 2.75) is 37.8 Å². The number of hydrogen-bond donors (Lipinski definition) is 4. The summed E-state index contributed by atoms with van der Waals surface area (Å²) in [7, 11) is 0. The summed E-state index contributed by atoms with van der Waals surface area (Å²) in [6, 6.07) is -1.21. The Bertz CT molecular complexity index is 208. The van der Waals surface area contributed by atoms with Gasteiger partial charge in [-0.05, 0) is 19.3 Å². The van der Waals surface area contributed by atoms with Gasteiger partial charge in [-0.3, -0.25) is 9.59 Å². The van der Waals surface area contributed by atoms with E-state index in [1.54, 1.807) is 0 Å². The van der Waals surface area contributed by atoms with E-state index in [1.807, 2.05) is 0 Å². The summed E-state index contributed by atoms with van der Waals surface area (Å²) in [5.41, 5.74) is 10.8. The predicted molar refractivity (Wildman–Crippen MR) is 49.7 cm³/mol. The molecule has 0 spiro atoms. The number of aliphatic carboxylic acids is 2. The number of carboxylic acid groups (broad SMARTS) is 2. The third kappa shape index (κ3) is 6.38. The van der Waals surface area contributed by atoms with Crippen LogP contribution in [-0.4, -0.2) is 34.2 Å². The van der Waals surface area contributed by atoms with Crippen LogP contribution in [0.3, 0.4) is 0 Å². The van der Waals surface area contributed by atoms with Gasteiger partial charge in [-0.15, -0.1) is 0 Å². The van der Waals surface area contributed by atoms with E-state index >= 15 is 0 Å². The number of rotatable bonds is 7. The van der Waals surface area contributed by atoms with Crippen molar-refractivity contribution in [3.63, 3.8) is 0 Å². The number of hydrogen-bond acceptors (Lipinski definition) is 4. The maximum atomic E-state index is 10.3. The van der Waals surface area contributed by atoms with Crippen LogP contribution in [0.5, 0.6) is 0 Å². The molecule has 0 rings (SSSR count). The highest BCUT2D eigenvalue weighted by molar-refractivity contribution is 5.72. The second-order valence-electron chi connectivity index (χ2n) is 3.21. The third-order valence-electron chi connectivity index (χ3n) is 1.89. The molecule has 0 aliphatic carbocycles. The minimum absolute atomic E-state index is 0.00345. The molecule has 2 atom stereocenters. The second-order valence-corrected chi connectivity index (χ2v) is 3.21. The van der Waals surface area contributed by atoms with Crippen molar-refractivity contribution >= 4 is 11.9 Å². The zero-order chi connectivity index (χ0) is 11.1. The van der Waals surface area contributed by atoms with E-state index in [0.29, 0.717) is 12.8 Å². The maximum Gasteiger partial charge on any atom is 0.320 e. The number of carbonyl (C=O) groups is 2. The van der Waals surface area contributed by atoms with Crippen LogP contribution in [-0.2, 0) is 9.59 Å². The van der Waals surface area contributed by atoms with E-state index < -0.39 is 18.0 Å². The fraction of sp³-hybridized carbons (Fsp3) is 0.750. The molecule has 0 saturated carbocycles. The fourth-order valence-electron chi connectivity index (χ4n) is 0.970. The molecule has 6 nitrogen and oxygen atoms in total. The Kier molecular flexibility index (Phi) is 5.82. The molecule has 0 aliphatic rings. The monoisotopic (exact) mass is 204 g/mol. The largest absolute Gasteiger partial charge is 0.481 e. The SMILES string of the molecule is NC(CCC(=O)O)CCC(N)C(=O)O. The Hall–Kier alpha value is -1.14. The summed E-state index contributed by atoms with van der Waals surface area (Å²) < 4.78 is 0. The molecule has 6 heteroatoms. The maximum absolute atomic E-state index is 10.3. The lowest BCUT2D eigenvalue weighted by atomic mass is 10.0. The lowest BCUT2D eigenvalue weighted by molar-refractivity contribution is -0.139. The minimum atomic E-state index is -1.06. The van der Waals surface area contributed by atoms with E-state index in [0.717, 1.165) is 0 Å². The summed E-state index contributed by atoms with van der Waals surface area (Å²) in [5.74, 6) is -1.96. The molecule has 6 N–H and O–H groups in total. The van der Waals surface area contributed by atoms with Crippen LogP contribution in [0.4, 0.5) is 0 Å². The van der Waals surface area contributed by atoms with Gasteiger partial charge in [0.2, 0.25) is 0 Å². The summed E-state index contributed by atoms with van der Waals surface area (Å²) in [5, 5.41) is 16.8. The van der Waals surface area contributed by atoms with Gasteiger partial charge in [0.1, 0.15) is 6.04 Å². The normalized spacial score (nSPS) is 14.7. The first-order chi connectivity index (χ1) is 6.43. The lowest BCUT2D eigenvalue weighted by Crippen LogP contribution is -2.32. The van der Waals surface area contributed by atoms with E-state index in [1.165, 1.54) is 0 Å². The Balaban J connectivity index is 3.58. The zero-order valence-corrected chi connectivity index (χ0v) is 7.85. The lowest BCUT2D eigenvalue weighted by Gasteiger charge is -2.11. The molecule has 0 saturated heterocycles. The average molecular weight is 204 g/mol. The van der Waals surface area contributed by atoms with Gasteiger partial charge in [-0.2, -0.15) is 0 Å². The predicted octanol–water partition coefficient (Wildman–Crippen LogP) is -0.629. The first-order valence-corrected chi connectivity index (χ1v) is 4.39. The molecule has 2 unspecified atom stereocenters. The van der Waals surface area contributed by atoms with Crippen LogP contribution in [0.2, 0.25) is 0 Å². The van der Waals surface area contributed by atoms with Gasteiger partial charge >= 0.3 is 11.9 Å². The van der Waals surface area contributed by atoms with Crippen molar-refractivity contribution in [1.29, 1.82) is 0 Å². The minimum Gasteiger partial charge on any atom is -0.481 e.